The van der Waals surface area contributed by atoms with Crippen molar-refractivity contribution >= 4 is 21.6 Å². The summed E-state index contributed by atoms with van der Waals surface area (Å²) in [6, 6.07) is 3.42. The summed E-state index contributed by atoms with van der Waals surface area (Å²) in [5.74, 6) is -0.414. The van der Waals surface area contributed by atoms with Gasteiger partial charge in [-0.1, -0.05) is 24.9 Å². The molecule has 1 heterocycles. The average molecular weight is 349 g/mol. The minimum atomic E-state index is -3.66. The van der Waals surface area contributed by atoms with E-state index in [1.807, 2.05) is 6.92 Å². The second-order valence-electron chi connectivity index (χ2n) is 5.89. The number of halogens is 2. The second kappa shape index (κ2) is 7.73. The fraction of sp³-hybridized carbons (Fsp3) is 0.600. The smallest absolute Gasteiger partial charge is 0.240 e. The van der Waals surface area contributed by atoms with Gasteiger partial charge in [-0.3, -0.25) is 0 Å². The van der Waals surface area contributed by atoms with Crippen LogP contribution in [0.4, 0.5) is 4.39 Å². The molecule has 1 saturated heterocycles. The van der Waals surface area contributed by atoms with Crippen molar-refractivity contribution in [3.05, 3.63) is 29.0 Å². The Morgan fingerprint density at radius 2 is 2.00 bits per heavy atom. The molecule has 1 aromatic carbocycles. The monoisotopic (exact) mass is 348 g/mol. The molecule has 1 aliphatic rings. The molecule has 0 aromatic heterocycles. The predicted molar refractivity (Wildman–Crippen MR) is 86.1 cm³/mol. The van der Waals surface area contributed by atoms with Gasteiger partial charge < -0.3 is 4.90 Å². The number of nitrogens with one attached hydrogen (secondary N) is 1. The first-order valence-electron chi connectivity index (χ1n) is 7.55. The van der Waals surface area contributed by atoms with E-state index in [1.165, 1.54) is 25.3 Å². The summed E-state index contributed by atoms with van der Waals surface area (Å²) in [6.07, 6.45) is 3.71. The Bertz CT molecular complexity index is 604. The van der Waals surface area contributed by atoms with Gasteiger partial charge in [-0.15, -0.1) is 0 Å². The number of nitrogens with zero attached hydrogens (tertiary/aromatic N) is 1. The summed E-state index contributed by atoms with van der Waals surface area (Å²) in [5.41, 5.74) is 0. The van der Waals surface area contributed by atoms with Gasteiger partial charge in [0.1, 0.15) is 5.82 Å². The van der Waals surface area contributed by atoms with Crippen molar-refractivity contribution in [2.75, 3.05) is 26.2 Å². The second-order valence-corrected chi connectivity index (χ2v) is 8.07. The maximum absolute atomic E-state index is 13.1. The fourth-order valence-corrected chi connectivity index (χ4v) is 4.06. The number of piperidine rings is 1. The van der Waals surface area contributed by atoms with E-state index in [9.17, 15) is 12.8 Å². The highest BCUT2D eigenvalue weighted by atomic mass is 35.5. The molecule has 0 unspecified atom stereocenters. The first kappa shape index (κ1) is 17.7. The zero-order valence-corrected chi connectivity index (χ0v) is 14.3. The molecule has 0 aliphatic carbocycles. The van der Waals surface area contributed by atoms with Gasteiger partial charge in [0.25, 0.3) is 0 Å². The SMILES string of the molecule is C[C@H](CNS(=O)(=O)c1ccc(F)c(Cl)c1)CN1CCCCC1. The van der Waals surface area contributed by atoms with Crippen LogP contribution in [-0.4, -0.2) is 39.5 Å². The lowest BCUT2D eigenvalue weighted by atomic mass is 10.1. The molecule has 1 fully saturated rings. The number of hydrogen-bond acceptors (Lipinski definition) is 3. The fourth-order valence-electron chi connectivity index (χ4n) is 2.63. The highest BCUT2D eigenvalue weighted by Crippen LogP contribution is 2.19. The summed E-state index contributed by atoms with van der Waals surface area (Å²) >= 11 is 5.64. The molecule has 7 heteroatoms. The van der Waals surface area contributed by atoms with Gasteiger partial charge in [-0.2, -0.15) is 0 Å². The van der Waals surface area contributed by atoms with Gasteiger partial charge in [0.15, 0.2) is 0 Å². The first-order valence-corrected chi connectivity index (χ1v) is 9.41. The van der Waals surface area contributed by atoms with Crippen LogP contribution in [-0.2, 0) is 10.0 Å². The molecule has 1 aliphatic heterocycles. The Kier molecular flexibility index (Phi) is 6.20. The molecule has 124 valence electrons. The minimum Gasteiger partial charge on any atom is -0.303 e. The van der Waals surface area contributed by atoms with Gasteiger partial charge in [0.05, 0.1) is 9.92 Å². The zero-order valence-electron chi connectivity index (χ0n) is 12.7. The molecule has 1 aromatic rings. The molecule has 4 nitrogen and oxygen atoms in total. The third kappa shape index (κ3) is 4.91. The Hall–Kier alpha value is -0.690. The van der Waals surface area contributed by atoms with Crippen LogP contribution in [0.3, 0.4) is 0 Å². The van der Waals surface area contributed by atoms with E-state index >= 15 is 0 Å². The molecule has 0 radical (unpaired) electrons. The van der Waals surface area contributed by atoms with E-state index in [4.69, 9.17) is 11.6 Å². The average Bonchev–Trinajstić information content (AvgIpc) is 2.49. The van der Waals surface area contributed by atoms with Gasteiger partial charge in [0.2, 0.25) is 10.0 Å². The van der Waals surface area contributed by atoms with E-state index in [1.54, 1.807) is 0 Å². The first-order chi connectivity index (χ1) is 10.4. The topological polar surface area (TPSA) is 49.4 Å². The largest absolute Gasteiger partial charge is 0.303 e. The van der Waals surface area contributed by atoms with E-state index in [2.05, 4.69) is 9.62 Å². The lowest BCUT2D eigenvalue weighted by molar-refractivity contribution is 0.201. The predicted octanol–water partition coefficient (Wildman–Crippen LogP) is 2.88. The van der Waals surface area contributed by atoms with Crippen LogP contribution in [0.5, 0.6) is 0 Å². The third-order valence-electron chi connectivity index (χ3n) is 3.84. The van der Waals surface area contributed by atoms with Crippen LogP contribution in [0.25, 0.3) is 0 Å². The molecule has 0 amide bonds. The van der Waals surface area contributed by atoms with E-state index in [-0.39, 0.29) is 15.8 Å². The number of benzene rings is 1. The molecule has 22 heavy (non-hydrogen) atoms. The molecule has 0 bridgehead atoms. The molecule has 0 saturated carbocycles. The minimum absolute atomic E-state index is 0.0101. The number of rotatable bonds is 6. The third-order valence-corrected chi connectivity index (χ3v) is 5.55. The zero-order chi connectivity index (χ0) is 16.2. The van der Waals surface area contributed by atoms with Gasteiger partial charge >= 0.3 is 0 Å². The molecule has 2 rings (SSSR count). The van der Waals surface area contributed by atoms with Crippen LogP contribution >= 0.6 is 11.6 Å². The van der Waals surface area contributed by atoms with E-state index < -0.39 is 15.8 Å². The van der Waals surface area contributed by atoms with Crippen LogP contribution in [0.15, 0.2) is 23.1 Å². The van der Waals surface area contributed by atoms with Crippen molar-refractivity contribution in [1.82, 2.24) is 9.62 Å². The van der Waals surface area contributed by atoms with Crippen LogP contribution < -0.4 is 4.72 Å². The Balaban J connectivity index is 1.89. The van der Waals surface area contributed by atoms with E-state index in [0.717, 1.165) is 31.8 Å². The summed E-state index contributed by atoms with van der Waals surface area (Å²) in [6.45, 7) is 5.44. The lowest BCUT2D eigenvalue weighted by Gasteiger charge is -2.29. The molecule has 0 spiro atoms. The summed E-state index contributed by atoms with van der Waals surface area (Å²) in [7, 11) is -3.66. The molecular weight excluding hydrogens is 327 g/mol. The van der Waals surface area contributed by atoms with E-state index in [0.29, 0.717) is 6.54 Å². The Labute approximate surface area is 136 Å². The number of likely N-dealkylation sites (tertiary alicyclic amines) is 1. The summed E-state index contributed by atoms with van der Waals surface area (Å²) in [5, 5.41) is -0.191. The molecule has 1 N–H and O–H groups in total. The van der Waals surface area contributed by atoms with Crippen LogP contribution in [0.2, 0.25) is 5.02 Å². The molecular formula is C15H22ClFN2O2S. The normalized spacial score (nSPS) is 18.3. The molecule has 1 atom stereocenters. The van der Waals surface area contributed by atoms with Crippen molar-refractivity contribution in [2.24, 2.45) is 5.92 Å². The van der Waals surface area contributed by atoms with Crippen molar-refractivity contribution < 1.29 is 12.8 Å². The van der Waals surface area contributed by atoms with Crippen molar-refractivity contribution in [3.8, 4) is 0 Å². The van der Waals surface area contributed by atoms with Crippen LogP contribution in [0, 0.1) is 11.7 Å². The quantitative estimate of drug-likeness (QED) is 0.860. The number of sulfonamides is 1. The highest BCUT2D eigenvalue weighted by Gasteiger charge is 2.18. The maximum atomic E-state index is 13.1. The van der Waals surface area contributed by atoms with Crippen LogP contribution in [0.1, 0.15) is 26.2 Å². The van der Waals surface area contributed by atoms with Crippen molar-refractivity contribution in [3.63, 3.8) is 0 Å². The van der Waals surface area contributed by atoms with Gasteiger partial charge in [-0.25, -0.2) is 17.5 Å². The van der Waals surface area contributed by atoms with Crippen molar-refractivity contribution in [1.29, 1.82) is 0 Å². The summed E-state index contributed by atoms with van der Waals surface area (Å²) < 4.78 is 40.1. The van der Waals surface area contributed by atoms with Gasteiger partial charge in [-0.05, 0) is 50.0 Å². The number of hydrogen-bond donors (Lipinski definition) is 1. The van der Waals surface area contributed by atoms with Gasteiger partial charge in [0, 0.05) is 13.1 Å². The summed E-state index contributed by atoms with van der Waals surface area (Å²) in [4.78, 5) is 2.36. The Morgan fingerprint density at radius 3 is 2.64 bits per heavy atom. The highest BCUT2D eigenvalue weighted by molar-refractivity contribution is 7.89. The maximum Gasteiger partial charge on any atom is 0.240 e. The Morgan fingerprint density at radius 1 is 1.32 bits per heavy atom. The van der Waals surface area contributed by atoms with Crippen molar-refractivity contribution in [2.45, 2.75) is 31.1 Å². The lowest BCUT2D eigenvalue weighted by Crippen LogP contribution is -2.38. The standard InChI is InChI=1S/C15H22ClFN2O2S/c1-12(11-19-7-3-2-4-8-19)10-18-22(20,21)13-5-6-15(17)14(16)9-13/h5-6,9,12,18H,2-4,7-8,10-11H2,1H3/t12-/m1/s1.